The number of aliphatic imine (C=N–C) groups is 1. The van der Waals surface area contributed by atoms with Crippen molar-refractivity contribution in [3.05, 3.63) is 34.3 Å². The van der Waals surface area contributed by atoms with Gasteiger partial charge in [0, 0.05) is 56.3 Å². The van der Waals surface area contributed by atoms with Crippen LogP contribution in [-0.2, 0) is 16.0 Å². The third-order valence-corrected chi connectivity index (χ3v) is 5.57. The number of hydrogen-bond donors (Lipinski definition) is 2. The first-order chi connectivity index (χ1) is 12.8. The zero-order chi connectivity index (χ0) is 18.2. The van der Waals surface area contributed by atoms with Crippen LogP contribution < -0.4 is 10.6 Å². The van der Waals surface area contributed by atoms with Crippen molar-refractivity contribution in [1.29, 1.82) is 0 Å². The Bertz CT molecular complexity index is 587. The van der Waals surface area contributed by atoms with Crippen molar-refractivity contribution in [3.8, 4) is 0 Å². The molecule has 2 aliphatic rings. The molecule has 144 valence electrons. The van der Waals surface area contributed by atoms with Crippen molar-refractivity contribution in [2.75, 3.05) is 53.1 Å². The molecule has 2 saturated heterocycles. The van der Waals surface area contributed by atoms with Gasteiger partial charge >= 0.3 is 0 Å². The number of nitrogens with zero attached hydrogens (tertiary/aromatic N) is 2. The van der Waals surface area contributed by atoms with Gasteiger partial charge in [0.15, 0.2) is 5.96 Å². The molecule has 0 bridgehead atoms. The number of benzene rings is 1. The molecule has 2 unspecified atom stereocenters. The third-order valence-electron chi connectivity index (χ3n) is 5.07. The van der Waals surface area contributed by atoms with Gasteiger partial charge in [-0.05, 0) is 24.1 Å². The van der Waals surface area contributed by atoms with Gasteiger partial charge in [0.05, 0.1) is 19.8 Å². The van der Waals surface area contributed by atoms with E-state index in [-0.39, 0.29) is 0 Å². The molecule has 1 aromatic carbocycles. The van der Waals surface area contributed by atoms with Crippen LogP contribution in [-0.4, -0.2) is 70.0 Å². The first-order valence-electron chi connectivity index (χ1n) is 9.35. The second-order valence-corrected chi connectivity index (χ2v) is 7.69. The molecule has 0 aliphatic carbocycles. The van der Waals surface area contributed by atoms with Gasteiger partial charge in [0.1, 0.15) is 0 Å². The number of nitrogens with one attached hydrogen (secondary N) is 2. The molecule has 2 heterocycles. The normalized spacial score (nSPS) is 23.0. The lowest BCUT2D eigenvalue weighted by Crippen LogP contribution is -2.53. The Balaban J connectivity index is 1.53. The number of hydrogen-bond acceptors (Lipinski definition) is 4. The molecule has 2 atom stereocenters. The van der Waals surface area contributed by atoms with Gasteiger partial charge in [-0.1, -0.05) is 28.1 Å². The average Bonchev–Trinajstić information content (AvgIpc) is 3.20. The Labute approximate surface area is 164 Å². The van der Waals surface area contributed by atoms with Crippen LogP contribution in [0.5, 0.6) is 0 Å². The zero-order valence-electron chi connectivity index (χ0n) is 15.4. The van der Waals surface area contributed by atoms with E-state index >= 15 is 0 Å². The average molecular weight is 425 g/mol. The Morgan fingerprint density at radius 1 is 1.27 bits per heavy atom. The van der Waals surface area contributed by atoms with Gasteiger partial charge in [0.25, 0.3) is 0 Å². The van der Waals surface area contributed by atoms with Crippen molar-refractivity contribution < 1.29 is 9.47 Å². The largest absolute Gasteiger partial charge is 0.381 e. The van der Waals surface area contributed by atoms with Gasteiger partial charge < -0.3 is 20.1 Å². The molecule has 2 aliphatic heterocycles. The van der Waals surface area contributed by atoms with Crippen LogP contribution in [0.3, 0.4) is 0 Å². The highest BCUT2D eigenvalue weighted by Gasteiger charge is 2.31. The molecular formula is C19H29BrN4O2. The first kappa shape index (κ1) is 19.6. The lowest BCUT2D eigenvalue weighted by atomic mass is 9.97. The minimum Gasteiger partial charge on any atom is -0.381 e. The molecule has 0 amide bonds. The topological polar surface area (TPSA) is 58.1 Å². The van der Waals surface area contributed by atoms with E-state index in [0.29, 0.717) is 12.0 Å². The SMILES string of the molecule is CN=C(NCc1cccc(Br)c1)NCC(C1CCOC1)N1CCOCC1. The van der Waals surface area contributed by atoms with E-state index in [4.69, 9.17) is 9.47 Å². The van der Waals surface area contributed by atoms with Crippen molar-refractivity contribution in [2.24, 2.45) is 10.9 Å². The second kappa shape index (κ2) is 10.3. The molecular weight excluding hydrogens is 396 g/mol. The summed E-state index contributed by atoms with van der Waals surface area (Å²) < 4.78 is 12.3. The van der Waals surface area contributed by atoms with Crippen LogP contribution in [0.1, 0.15) is 12.0 Å². The number of ether oxygens (including phenoxy) is 2. The maximum atomic E-state index is 5.64. The van der Waals surface area contributed by atoms with E-state index in [2.05, 4.69) is 48.6 Å². The van der Waals surface area contributed by atoms with E-state index in [9.17, 15) is 0 Å². The lowest BCUT2D eigenvalue weighted by molar-refractivity contribution is 0.00246. The molecule has 0 radical (unpaired) electrons. The van der Waals surface area contributed by atoms with Crippen molar-refractivity contribution in [2.45, 2.75) is 19.0 Å². The quantitative estimate of drug-likeness (QED) is 0.538. The second-order valence-electron chi connectivity index (χ2n) is 6.78. The van der Waals surface area contributed by atoms with E-state index in [1.165, 1.54) is 5.56 Å². The van der Waals surface area contributed by atoms with Gasteiger partial charge in [-0.2, -0.15) is 0 Å². The molecule has 7 heteroatoms. The van der Waals surface area contributed by atoms with Crippen LogP contribution in [0.15, 0.2) is 33.7 Å². The zero-order valence-corrected chi connectivity index (χ0v) is 17.0. The monoisotopic (exact) mass is 424 g/mol. The molecule has 0 aromatic heterocycles. The minimum atomic E-state index is 0.450. The van der Waals surface area contributed by atoms with Gasteiger partial charge in [-0.15, -0.1) is 0 Å². The van der Waals surface area contributed by atoms with E-state index in [1.807, 2.05) is 19.2 Å². The Kier molecular flexibility index (Phi) is 7.73. The highest BCUT2D eigenvalue weighted by atomic mass is 79.9. The molecule has 1 aromatic rings. The molecule has 2 N–H and O–H groups in total. The molecule has 26 heavy (non-hydrogen) atoms. The molecule has 6 nitrogen and oxygen atoms in total. The number of guanidine groups is 1. The lowest BCUT2D eigenvalue weighted by Gasteiger charge is -2.37. The predicted octanol–water partition coefficient (Wildman–Crippen LogP) is 1.85. The Hall–Kier alpha value is -1.15. The van der Waals surface area contributed by atoms with Gasteiger partial charge in [-0.3, -0.25) is 9.89 Å². The summed E-state index contributed by atoms with van der Waals surface area (Å²) in [6.07, 6.45) is 1.13. The fourth-order valence-corrected chi connectivity index (χ4v) is 4.06. The smallest absolute Gasteiger partial charge is 0.191 e. The summed E-state index contributed by atoms with van der Waals surface area (Å²) in [7, 11) is 1.82. The Morgan fingerprint density at radius 3 is 2.81 bits per heavy atom. The highest BCUT2D eigenvalue weighted by molar-refractivity contribution is 9.10. The van der Waals surface area contributed by atoms with Crippen molar-refractivity contribution in [3.63, 3.8) is 0 Å². The molecule has 2 fully saturated rings. The fourth-order valence-electron chi connectivity index (χ4n) is 3.61. The maximum Gasteiger partial charge on any atom is 0.191 e. The minimum absolute atomic E-state index is 0.450. The van der Waals surface area contributed by atoms with Crippen molar-refractivity contribution in [1.82, 2.24) is 15.5 Å². The van der Waals surface area contributed by atoms with Gasteiger partial charge in [0.2, 0.25) is 0 Å². The summed E-state index contributed by atoms with van der Waals surface area (Å²) in [5, 5.41) is 6.92. The van der Waals surface area contributed by atoms with Crippen LogP contribution in [0.25, 0.3) is 0 Å². The van der Waals surface area contributed by atoms with E-state index in [1.54, 1.807) is 0 Å². The molecule has 0 saturated carbocycles. The summed E-state index contributed by atoms with van der Waals surface area (Å²) in [6.45, 7) is 6.97. The van der Waals surface area contributed by atoms with E-state index in [0.717, 1.165) is 69.5 Å². The van der Waals surface area contributed by atoms with Crippen LogP contribution in [0, 0.1) is 5.92 Å². The number of halogens is 1. The summed E-state index contributed by atoms with van der Waals surface area (Å²) in [5.41, 5.74) is 1.22. The third kappa shape index (κ3) is 5.67. The molecule has 3 rings (SSSR count). The summed E-state index contributed by atoms with van der Waals surface area (Å²) in [4.78, 5) is 6.92. The maximum absolute atomic E-state index is 5.64. The predicted molar refractivity (Wildman–Crippen MR) is 107 cm³/mol. The summed E-state index contributed by atoms with van der Waals surface area (Å²) in [6, 6.07) is 8.76. The van der Waals surface area contributed by atoms with Crippen LogP contribution >= 0.6 is 15.9 Å². The van der Waals surface area contributed by atoms with E-state index < -0.39 is 0 Å². The fraction of sp³-hybridized carbons (Fsp3) is 0.632. The summed E-state index contributed by atoms with van der Waals surface area (Å²) in [5.74, 6) is 1.41. The standard InChI is InChI=1S/C19H29BrN4O2/c1-21-19(22-12-15-3-2-4-17(20)11-15)23-13-18(16-5-8-26-14-16)24-6-9-25-10-7-24/h2-4,11,16,18H,5-10,12-14H2,1H3,(H2,21,22,23). The highest BCUT2D eigenvalue weighted by Crippen LogP contribution is 2.21. The van der Waals surface area contributed by atoms with Crippen LogP contribution in [0.4, 0.5) is 0 Å². The Morgan fingerprint density at radius 2 is 2.12 bits per heavy atom. The number of morpholine rings is 1. The number of rotatable bonds is 6. The molecule has 0 spiro atoms. The summed E-state index contributed by atoms with van der Waals surface area (Å²) >= 11 is 3.52. The van der Waals surface area contributed by atoms with Crippen LogP contribution in [0.2, 0.25) is 0 Å². The first-order valence-corrected chi connectivity index (χ1v) is 10.1. The van der Waals surface area contributed by atoms with Crippen molar-refractivity contribution >= 4 is 21.9 Å². The van der Waals surface area contributed by atoms with Gasteiger partial charge in [-0.25, -0.2) is 0 Å².